The van der Waals surface area contributed by atoms with E-state index >= 15 is 0 Å². The molecular formula is C21H24FNO3S. The minimum atomic E-state index is -3.29. The van der Waals surface area contributed by atoms with Crippen molar-refractivity contribution in [2.75, 3.05) is 10.7 Å². The summed E-state index contributed by atoms with van der Waals surface area (Å²) < 4.78 is 37.5. The zero-order valence-electron chi connectivity index (χ0n) is 15.2. The highest BCUT2D eigenvalue weighted by atomic mass is 32.2. The Kier molecular flexibility index (Phi) is 3.81. The van der Waals surface area contributed by atoms with Crippen LogP contribution in [-0.2, 0) is 14.6 Å². The fourth-order valence-corrected chi connectivity index (χ4v) is 7.68. The normalized spacial score (nSPS) is 38.3. The van der Waals surface area contributed by atoms with Crippen molar-refractivity contribution in [1.29, 1.82) is 0 Å². The molecule has 4 bridgehead atoms. The topological polar surface area (TPSA) is 54.5 Å². The van der Waals surface area contributed by atoms with Gasteiger partial charge in [-0.25, -0.2) is 12.8 Å². The number of benzene rings is 1. The van der Waals surface area contributed by atoms with Crippen LogP contribution in [0.1, 0.15) is 38.5 Å². The summed E-state index contributed by atoms with van der Waals surface area (Å²) in [6.45, 7) is 0. The van der Waals surface area contributed by atoms with Gasteiger partial charge in [-0.1, -0.05) is 0 Å². The minimum absolute atomic E-state index is 0.0416. The van der Waals surface area contributed by atoms with Crippen LogP contribution < -0.4 is 4.90 Å². The first-order chi connectivity index (χ1) is 12.8. The van der Waals surface area contributed by atoms with Crippen molar-refractivity contribution in [3.8, 4) is 0 Å². The molecule has 0 radical (unpaired) electrons. The molecule has 0 saturated heterocycles. The lowest BCUT2D eigenvalue weighted by molar-refractivity contribution is -0.143. The molecule has 144 valence electrons. The average molecular weight is 389 g/mol. The third-order valence-electron chi connectivity index (χ3n) is 7.06. The Morgan fingerprint density at radius 1 is 1.00 bits per heavy atom. The Balaban J connectivity index is 1.53. The minimum Gasteiger partial charge on any atom is -0.304 e. The van der Waals surface area contributed by atoms with Gasteiger partial charge in [0.1, 0.15) is 5.82 Å². The van der Waals surface area contributed by atoms with E-state index in [9.17, 15) is 17.6 Å². The molecule has 1 aromatic rings. The number of amides is 1. The third-order valence-corrected chi connectivity index (χ3v) is 8.44. The van der Waals surface area contributed by atoms with Gasteiger partial charge in [0.15, 0.2) is 9.84 Å². The molecule has 1 aliphatic heterocycles. The van der Waals surface area contributed by atoms with Crippen LogP contribution in [0.3, 0.4) is 0 Å². The van der Waals surface area contributed by atoms with Gasteiger partial charge in [0.05, 0.1) is 17.2 Å². The van der Waals surface area contributed by atoms with Gasteiger partial charge in [0, 0.05) is 11.1 Å². The zero-order valence-corrected chi connectivity index (χ0v) is 16.0. The number of halogens is 1. The predicted octanol–water partition coefficient (Wildman–Crippen LogP) is 3.69. The summed E-state index contributed by atoms with van der Waals surface area (Å²) in [4.78, 5) is 15.5. The summed E-state index contributed by atoms with van der Waals surface area (Å²) in [5.41, 5.74) is 0.215. The van der Waals surface area contributed by atoms with E-state index in [-0.39, 0.29) is 22.9 Å². The van der Waals surface area contributed by atoms with E-state index in [1.807, 2.05) is 0 Å². The van der Waals surface area contributed by atoms with Gasteiger partial charge in [0.25, 0.3) is 0 Å². The van der Waals surface area contributed by atoms with E-state index < -0.39 is 15.9 Å². The molecule has 0 aromatic heterocycles. The Morgan fingerprint density at radius 3 is 2.04 bits per heavy atom. The number of rotatable bonds is 3. The summed E-state index contributed by atoms with van der Waals surface area (Å²) in [6.07, 6.45) is 8.07. The largest absolute Gasteiger partial charge is 0.304 e. The highest BCUT2D eigenvalue weighted by Crippen LogP contribution is 2.60. The van der Waals surface area contributed by atoms with Gasteiger partial charge in [-0.3, -0.25) is 4.79 Å². The monoisotopic (exact) mass is 389 g/mol. The number of hydrogen-bond acceptors (Lipinski definition) is 3. The van der Waals surface area contributed by atoms with Crippen LogP contribution in [0.2, 0.25) is 0 Å². The fraction of sp³-hybridized carbons (Fsp3) is 0.571. The predicted molar refractivity (Wildman–Crippen MR) is 101 cm³/mol. The summed E-state index contributed by atoms with van der Waals surface area (Å²) in [5, 5.41) is 1.21. The number of carbonyl (C=O) groups is 1. The first-order valence-corrected chi connectivity index (χ1v) is 11.6. The number of sulfone groups is 1. The molecule has 0 N–H and O–H groups in total. The van der Waals surface area contributed by atoms with Crippen molar-refractivity contribution in [1.82, 2.24) is 0 Å². The molecule has 6 heteroatoms. The fourth-order valence-electron chi connectivity index (χ4n) is 6.41. The van der Waals surface area contributed by atoms with Gasteiger partial charge in [-0.15, -0.1) is 0 Å². The lowest BCUT2D eigenvalue weighted by Crippen LogP contribution is -2.57. The quantitative estimate of drug-likeness (QED) is 0.792. The zero-order chi connectivity index (χ0) is 18.8. The van der Waals surface area contributed by atoms with E-state index in [1.54, 1.807) is 23.1 Å². The molecule has 0 spiro atoms. The lowest BCUT2D eigenvalue weighted by atomic mass is 9.49. The first kappa shape index (κ1) is 17.4. The maximum atomic E-state index is 13.9. The van der Waals surface area contributed by atoms with Gasteiger partial charge >= 0.3 is 0 Å². The maximum absolute atomic E-state index is 13.9. The molecule has 4 aliphatic carbocycles. The molecule has 1 heterocycles. The molecule has 4 nitrogen and oxygen atoms in total. The van der Waals surface area contributed by atoms with E-state index in [2.05, 4.69) is 0 Å². The standard InChI is InChI=1S/C21H24FNO3S/c22-17-1-3-18(4-2-17)23(19-5-6-27(25,26)13-19)20(24)21-10-14-7-15(11-21)9-16(8-14)12-21/h1-6,14-16,19H,7-13H2. The SMILES string of the molecule is O=C(N(c1ccc(F)cc1)C1C=CS(=O)(=O)C1)C12CC3CC(CC(C3)C1)C2. The number of carbonyl (C=O) groups excluding carboxylic acids is 1. The van der Waals surface area contributed by atoms with Gasteiger partial charge < -0.3 is 4.90 Å². The average Bonchev–Trinajstić information content (AvgIpc) is 2.95. The molecule has 1 atom stereocenters. The second-order valence-electron chi connectivity index (χ2n) is 9.07. The molecule has 4 saturated carbocycles. The Bertz CT molecular complexity index is 871. The van der Waals surface area contributed by atoms with Crippen molar-refractivity contribution in [2.45, 2.75) is 44.6 Å². The Labute approximate surface area is 159 Å². The molecule has 27 heavy (non-hydrogen) atoms. The first-order valence-electron chi connectivity index (χ1n) is 9.84. The van der Waals surface area contributed by atoms with Crippen LogP contribution in [0, 0.1) is 29.0 Å². The summed E-state index contributed by atoms with van der Waals surface area (Å²) >= 11 is 0. The number of nitrogens with zero attached hydrogens (tertiary/aromatic N) is 1. The Hall–Kier alpha value is -1.69. The van der Waals surface area contributed by atoms with E-state index in [1.165, 1.54) is 36.8 Å². The van der Waals surface area contributed by atoms with Crippen LogP contribution in [-0.4, -0.2) is 26.1 Å². The van der Waals surface area contributed by atoms with Gasteiger partial charge in [0.2, 0.25) is 5.91 Å². The smallest absolute Gasteiger partial charge is 0.233 e. The van der Waals surface area contributed by atoms with Crippen molar-refractivity contribution >= 4 is 21.4 Å². The second kappa shape index (κ2) is 5.90. The van der Waals surface area contributed by atoms with Crippen molar-refractivity contribution < 1.29 is 17.6 Å². The van der Waals surface area contributed by atoms with Crippen molar-refractivity contribution in [3.63, 3.8) is 0 Å². The molecule has 6 rings (SSSR count). The van der Waals surface area contributed by atoms with Crippen LogP contribution in [0.25, 0.3) is 0 Å². The summed E-state index contributed by atoms with van der Waals surface area (Å²) in [6, 6.07) is 5.34. The molecule has 4 fully saturated rings. The number of hydrogen-bond donors (Lipinski definition) is 0. The molecule has 1 amide bonds. The summed E-state index contributed by atoms with van der Waals surface area (Å²) in [7, 11) is -3.29. The van der Waals surface area contributed by atoms with Crippen LogP contribution in [0.15, 0.2) is 35.7 Å². The van der Waals surface area contributed by atoms with Crippen molar-refractivity contribution in [2.24, 2.45) is 23.2 Å². The highest BCUT2D eigenvalue weighted by Gasteiger charge is 2.56. The van der Waals surface area contributed by atoms with Crippen LogP contribution in [0.4, 0.5) is 10.1 Å². The van der Waals surface area contributed by atoms with E-state index in [4.69, 9.17) is 0 Å². The molecule has 1 aromatic carbocycles. The lowest BCUT2D eigenvalue weighted by Gasteiger charge is -2.57. The third kappa shape index (κ3) is 2.93. The highest BCUT2D eigenvalue weighted by molar-refractivity contribution is 7.94. The van der Waals surface area contributed by atoms with Crippen molar-refractivity contribution in [3.05, 3.63) is 41.6 Å². The van der Waals surface area contributed by atoms with Gasteiger partial charge in [-0.05, 0) is 86.6 Å². The maximum Gasteiger partial charge on any atom is 0.233 e. The second-order valence-corrected chi connectivity index (χ2v) is 11.0. The molecule has 5 aliphatic rings. The van der Waals surface area contributed by atoms with Gasteiger partial charge in [-0.2, -0.15) is 0 Å². The summed E-state index contributed by atoms with van der Waals surface area (Å²) in [5.74, 6) is 1.45. The van der Waals surface area contributed by atoms with E-state index in [0.717, 1.165) is 19.3 Å². The molecular weight excluding hydrogens is 365 g/mol. The van der Waals surface area contributed by atoms with Crippen LogP contribution >= 0.6 is 0 Å². The number of anilines is 1. The van der Waals surface area contributed by atoms with E-state index in [0.29, 0.717) is 23.4 Å². The van der Waals surface area contributed by atoms with Crippen LogP contribution in [0.5, 0.6) is 0 Å². The molecule has 1 unspecified atom stereocenters. The Morgan fingerprint density at radius 2 is 1.56 bits per heavy atom.